The molecule has 0 aliphatic carbocycles. The molecule has 0 saturated heterocycles. The van der Waals surface area contributed by atoms with Gasteiger partial charge in [-0.05, 0) is 37.1 Å². The summed E-state index contributed by atoms with van der Waals surface area (Å²) in [5, 5.41) is 13.4. The number of rotatable bonds is 4. The van der Waals surface area contributed by atoms with Gasteiger partial charge in [0.05, 0.1) is 7.11 Å². The maximum atomic E-state index is 10.0. The standard InChI is InChI=1S/C16H19NO2/c1-11-6-4-8-14(12(11)2)17-10-13-7-5-9-15(19-3)16(13)18/h4-9,17-18H,10H2,1-3H3. The van der Waals surface area contributed by atoms with E-state index >= 15 is 0 Å². The fourth-order valence-electron chi connectivity index (χ4n) is 2.01. The predicted molar refractivity (Wildman–Crippen MR) is 77.9 cm³/mol. The number of ether oxygens (including phenoxy) is 1. The Bertz CT molecular complexity index is 579. The van der Waals surface area contributed by atoms with E-state index in [1.54, 1.807) is 13.2 Å². The number of aromatic hydroxyl groups is 1. The maximum Gasteiger partial charge on any atom is 0.162 e. The molecular formula is C16H19NO2. The topological polar surface area (TPSA) is 41.5 Å². The summed E-state index contributed by atoms with van der Waals surface area (Å²) in [6.07, 6.45) is 0. The van der Waals surface area contributed by atoms with Crippen molar-refractivity contribution in [2.45, 2.75) is 20.4 Å². The van der Waals surface area contributed by atoms with Crippen molar-refractivity contribution in [3.05, 3.63) is 53.1 Å². The van der Waals surface area contributed by atoms with Gasteiger partial charge < -0.3 is 15.2 Å². The first kappa shape index (κ1) is 13.3. The zero-order valence-electron chi connectivity index (χ0n) is 11.5. The van der Waals surface area contributed by atoms with Gasteiger partial charge in [0.2, 0.25) is 0 Å². The molecule has 2 aromatic rings. The van der Waals surface area contributed by atoms with Gasteiger partial charge in [-0.15, -0.1) is 0 Å². The molecule has 0 bridgehead atoms. The third-order valence-electron chi connectivity index (χ3n) is 3.38. The number of benzene rings is 2. The van der Waals surface area contributed by atoms with Crippen LogP contribution in [0.3, 0.4) is 0 Å². The van der Waals surface area contributed by atoms with Gasteiger partial charge in [-0.2, -0.15) is 0 Å². The molecule has 0 amide bonds. The number of phenols is 1. The van der Waals surface area contributed by atoms with Crippen molar-refractivity contribution < 1.29 is 9.84 Å². The van der Waals surface area contributed by atoms with Crippen molar-refractivity contribution >= 4 is 5.69 Å². The number of nitrogens with one attached hydrogen (secondary N) is 1. The third-order valence-corrected chi connectivity index (χ3v) is 3.38. The number of hydrogen-bond donors (Lipinski definition) is 2. The molecular weight excluding hydrogens is 238 g/mol. The minimum Gasteiger partial charge on any atom is -0.504 e. The second kappa shape index (κ2) is 5.65. The summed E-state index contributed by atoms with van der Waals surface area (Å²) in [4.78, 5) is 0. The lowest BCUT2D eigenvalue weighted by atomic mass is 10.1. The SMILES string of the molecule is COc1cccc(CNc2cccc(C)c2C)c1O. The average molecular weight is 257 g/mol. The maximum absolute atomic E-state index is 10.0. The molecule has 0 atom stereocenters. The minimum atomic E-state index is 0.197. The number of hydrogen-bond acceptors (Lipinski definition) is 3. The molecule has 2 rings (SSSR count). The molecule has 3 heteroatoms. The van der Waals surface area contributed by atoms with E-state index in [1.807, 2.05) is 24.3 Å². The Labute approximate surface area is 113 Å². The first-order chi connectivity index (χ1) is 9.13. The summed E-state index contributed by atoms with van der Waals surface area (Å²) in [6, 6.07) is 11.7. The highest BCUT2D eigenvalue weighted by Crippen LogP contribution is 2.30. The lowest BCUT2D eigenvalue weighted by molar-refractivity contribution is 0.371. The molecule has 19 heavy (non-hydrogen) atoms. The molecule has 0 aliphatic rings. The van der Waals surface area contributed by atoms with Crippen LogP contribution in [-0.2, 0) is 6.54 Å². The highest BCUT2D eigenvalue weighted by Gasteiger charge is 2.07. The Balaban J connectivity index is 2.17. The summed E-state index contributed by atoms with van der Waals surface area (Å²) in [5.41, 5.74) is 4.38. The second-order valence-corrected chi connectivity index (χ2v) is 4.57. The molecule has 100 valence electrons. The zero-order chi connectivity index (χ0) is 13.8. The van der Waals surface area contributed by atoms with Gasteiger partial charge in [0.1, 0.15) is 0 Å². The van der Waals surface area contributed by atoms with Crippen molar-refractivity contribution in [1.29, 1.82) is 0 Å². The van der Waals surface area contributed by atoms with Crippen LogP contribution >= 0.6 is 0 Å². The van der Waals surface area contributed by atoms with Crippen LogP contribution in [-0.4, -0.2) is 12.2 Å². The third kappa shape index (κ3) is 2.81. The summed E-state index contributed by atoms with van der Waals surface area (Å²) in [6.45, 7) is 4.74. The fraction of sp³-hybridized carbons (Fsp3) is 0.250. The first-order valence-corrected chi connectivity index (χ1v) is 6.28. The molecule has 0 saturated carbocycles. The van der Waals surface area contributed by atoms with Gasteiger partial charge in [0.25, 0.3) is 0 Å². The lowest BCUT2D eigenvalue weighted by Crippen LogP contribution is -2.02. The van der Waals surface area contributed by atoms with E-state index in [0.717, 1.165) is 11.3 Å². The van der Waals surface area contributed by atoms with E-state index in [1.165, 1.54) is 11.1 Å². The smallest absolute Gasteiger partial charge is 0.162 e. The van der Waals surface area contributed by atoms with E-state index in [0.29, 0.717) is 12.3 Å². The molecule has 2 N–H and O–H groups in total. The summed E-state index contributed by atoms with van der Waals surface area (Å²) >= 11 is 0. The Kier molecular flexibility index (Phi) is 3.95. The van der Waals surface area contributed by atoms with Crippen LogP contribution < -0.4 is 10.1 Å². The number of para-hydroxylation sites is 1. The van der Waals surface area contributed by atoms with Crippen LogP contribution in [0, 0.1) is 13.8 Å². The van der Waals surface area contributed by atoms with Crippen LogP contribution in [0.5, 0.6) is 11.5 Å². The number of anilines is 1. The van der Waals surface area contributed by atoms with Crippen molar-refractivity contribution in [3.63, 3.8) is 0 Å². The molecule has 0 radical (unpaired) electrons. The highest BCUT2D eigenvalue weighted by atomic mass is 16.5. The van der Waals surface area contributed by atoms with E-state index in [2.05, 4.69) is 25.2 Å². The molecule has 0 aromatic heterocycles. The van der Waals surface area contributed by atoms with Gasteiger partial charge >= 0.3 is 0 Å². The largest absolute Gasteiger partial charge is 0.504 e. The summed E-state index contributed by atoms with van der Waals surface area (Å²) in [5.74, 6) is 0.697. The molecule has 0 aliphatic heterocycles. The molecule has 0 unspecified atom stereocenters. The quantitative estimate of drug-likeness (QED) is 0.878. The van der Waals surface area contributed by atoms with Crippen molar-refractivity contribution in [2.24, 2.45) is 0 Å². The van der Waals surface area contributed by atoms with Gasteiger partial charge in [0.15, 0.2) is 11.5 Å². The van der Waals surface area contributed by atoms with Crippen molar-refractivity contribution in [1.82, 2.24) is 0 Å². The van der Waals surface area contributed by atoms with Gasteiger partial charge in [-0.25, -0.2) is 0 Å². The van der Waals surface area contributed by atoms with Crippen LogP contribution in [0.25, 0.3) is 0 Å². The fourth-order valence-corrected chi connectivity index (χ4v) is 2.01. The monoisotopic (exact) mass is 257 g/mol. The Morgan fingerprint density at radius 1 is 1.11 bits per heavy atom. The molecule has 0 heterocycles. The molecule has 2 aromatic carbocycles. The second-order valence-electron chi connectivity index (χ2n) is 4.57. The van der Waals surface area contributed by atoms with Gasteiger partial charge in [-0.1, -0.05) is 24.3 Å². The Morgan fingerprint density at radius 3 is 2.58 bits per heavy atom. The molecule has 3 nitrogen and oxygen atoms in total. The van der Waals surface area contributed by atoms with Crippen LogP contribution in [0.2, 0.25) is 0 Å². The van der Waals surface area contributed by atoms with E-state index in [9.17, 15) is 5.11 Å². The number of aryl methyl sites for hydroxylation is 1. The summed E-state index contributed by atoms with van der Waals surface area (Å²) < 4.78 is 5.10. The summed E-state index contributed by atoms with van der Waals surface area (Å²) in [7, 11) is 1.55. The van der Waals surface area contributed by atoms with Crippen molar-refractivity contribution in [3.8, 4) is 11.5 Å². The number of methoxy groups -OCH3 is 1. The van der Waals surface area contributed by atoms with Crippen LogP contribution in [0.15, 0.2) is 36.4 Å². The Morgan fingerprint density at radius 2 is 1.84 bits per heavy atom. The average Bonchev–Trinajstić information content (AvgIpc) is 2.42. The highest BCUT2D eigenvalue weighted by molar-refractivity contribution is 5.55. The number of phenolic OH excluding ortho intramolecular Hbond substituents is 1. The van der Waals surface area contributed by atoms with E-state index in [-0.39, 0.29) is 5.75 Å². The first-order valence-electron chi connectivity index (χ1n) is 6.28. The lowest BCUT2D eigenvalue weighted by Gasteiger charge is -2.13. The van der Waals surface area contributed by atoms with Gasteiger partial charge in [-0.3, -0.25) is 0 Å². The Hall–Kier alpha value is -2.16. The van der Waals surface area contributed by atoms with Gasteiger partial charge in [0, 0.05) is 17.8 Å². The van der Waals surface area contributed by atoms with Crippen LogP contribution in [0.4, 0.5) is 5.69 Å². The normalized spacial score (nSPS) is 10.3. The van der Waals surface area contributed by atoms with Crippen molar-refractivity contribution in [2.75, 3.05) is 12.4 Å². The van der Waals surface area contributed by atoms with Crippen LogP contribution in [0.1, 0.15) is 16.7 Å². The van der Waals surface area contributed by atoms with E-state index < -0.39 is 0 Å². The molecule has 0 fully saturated rings. The predicted octanol–water partition coefficient (Wildman–Crippen LogP) is 3.63. The minimum absolute atomic E-state index is 0.197. The zero-order valence-corrected chi connectivity index (χ0v) is 11.5. The molecule has 0 spiro atoms. The van der Waals surface area contributed by atoms with E-state index in [4.69, 9.17) is 4.74 Å².